The van der Waals surface area contributed by atoms with Crippen molar-refractivity contribution in [2.24, 2.45) is 0 Å². The zero-order chi connectivity index (χ0) is 20.6. The molecular formula is C25H33N3O. The molecule has 2 aromatic carbocycles. The summed E-state index contributed by atoms with van der Waals surface area (Å²) >= 11 is 0. The molecule has 0 aromatic heterocycles. The van der Waals surface area contributed by atoms with Gasteiger partial charge >= 0.3 is 0 Å². The summed E-state index contributed by atoms with van der Waals surface area (Å²) in [5.41, 5.74) is 3.35. The topological polar surface area (TPSA) is 35.6 Å². The van der Waals surface area contributed by atoms with Gasteiger partial charge in [0, 0.05) is 38.4 Å². The molecule has 0 saturated carbocycles. The number of benzene rings is 2. The van der Waals surface area contributed by atoms with Crippen molar-refractivity contribution >= 4 is 17.7 Å². The van der Waals surface area contributed by atoms with Crippen molar-refractivity contribution in [2.45, 2.75) is 32.7 Å². The number of rotatable bonds is 7. The minimum atomic E-state index is -0.128. The van der Waals surface area contributed by atoms with Crippen molar-refractivity contribution < 1.29 is 4.79 Å². The summed E-state index contributed by atoms with van der Waals surface area (Å²) in [6.07, 6.45) is 4.40. The molecule has 1 fully saturated rings. The lowest BCUT2D eigenvalue weighted by atomic mass is 10.0. The highest BCUT2D eigenvalue weighted by molar-refractivity contribution is 5.95. The van der Waals surface area contributed by atoms with Gasteiger partial charge in [0.1, 0.15) is 0 Å². The monoisotopic (exact) mass is 391 g/mol. The molecule has 0 aliphatic carbocycles. The molecule has 154 valence electrons. The maximum absolute atomic E-state index is 12.8. The highest BCUT2D eigenvalue weighted by Crippen LogP contribution is 2.24. The average Bonchev–Trinajstić information content (AvgIpc) is 2.74. The van der Waals surface area contributed by atoms with E-state index in [1.165, 1.54) is 11.1 Å². The van der Waals surface area contributed by atoms with Gasteiger partial charge in [-0.2, -0.15) is 0 Å². The predicted molar refractivity (Wildman–Crippen MR) is 122 cm³/mol. The Hall–Kier alpha value is -2.43. The Bertz CT molecular complexity index is 808. The zero-order valence-electron chi connectivity index (χ0n) is 17.8. The van der Waals surface area contributed by atoms with Crippen molar-refractivity contribution in [1.82, 2.24) is 9.80 Å². The van der Waals surface area contributed by atoms with Crippen molar-refractivity contribution in [3.8, 4) is 0 Å². The molecule has 0 bridgehead atoms. The first-order chi connectivity index (χ1) is 14.0. The van der Waals surface area contributed by atoms with E-state index in [0.29, 0.717) is 5.92 Å². The summed E-state index contributed by atoms with van der Waals surface area (Å²) in [6, 6.07) is 18.4. The molecule has 1 N–H and O–H groups in total. The van der Waals surface area contributed by atoms with Crippen LogP contribution >= 0.6 is 0 Å². The highest BCUT2D eigenvalue weighted by atomic mass is 16.2. The number of nitrogens with one attached hydrogen (secondary N) is 1. The minimum absolute atomic E-state index is 0.0792. The summed E-state index contributed by atoms with van der Waals surface area (Å²) in [5.74, 6) is 0.463. The van der Waals surface area contributed by atoms with Gasteiger partial charge in [-0.15, -0.1) is 0 Å². The fourth-order valence-corrected chi connectivity index (χ4v) is 3.75. The lowest BCUT2D eigenvalue weighted by Gasteiger charge is -2.37. The first-order valence-electron chi connectivity index (χ1n) is 10.6. The highest BCUT2D eigenvalue weighted by Gasteiger charge is 2.25. The van der Waals surface area contributed by atoms with E-state index in [-0.39, 0.29) is 11.9 Å². The largest absolute Gasteiger partial charge is 0.324 e. The van der Waals surface area contributed by atoms with Crippen LogP contribution < -0.4 is 5.32 Å². The van der Waals surface area contributed by atoms with Crippen LogP contribution in [0, 0.1) is 0 Å². The van der Waals surface area contributed by atoms with E-state index in [9.17, 15) is 4.79 Å². The zero-order valence-corrected chi connectivity index (χ0v) is 17.8. The van der Waals surface area contributed by atoms with Crippen LogP contribution in [0.4, 0.5) is 5.69 Å². The second-order valence-electron chi connectivity index (χ2n) is 8.06. The summed E-state index contributed by atoms with van der Waals surface area (Å²) < 4.78 is 0. The summed E-state index contributed by atoms with van der Waals surface area (Å²) in [5, 5.41) is 3.15. The lowest BCUT2D eigenvalue weighted by molar-refractivity contribution is -0.121. The molecule has 3 rings (SSSR count). The number of amides is 1. The summed E-state index contributed by atoms with van der Waals surface area (Å²) in [6.45, 7) is 11.1. The number of nitrogens with zero attached hydrogens (tertiary/aromatic N) is 2. The van der Waals surface area contributed by atoms with E-state index in [2.05, 4.69) is 71.4 Å². The van der Waals surface area contributed by atoms with Gasteiger partial charge in [0.25, 0.3) is 0 Å². The Morgan fingerprint density at radius 2 is 1.62 bits per heavy atom. The lowest BCUT2D eigenvalue weighted by Crippen LogP contribution is -2.52. The molecular weight excluding hydrogens is 358 g/mol. The molecule has 4 heteroatoms. The first kappa shape index (κ1) is 21.3. The number of anilines is 1. The second-order valence-corrected chi connectivity index (χ2v) is 8.06. The minimum Gasteiger partial charge on any atom is -0.324 e. The van der Waals surface area contributed by atoms with Gasteiger partial charge in [0.05, 0.1) is 6.04 Å². The van der Waals surface area contributed by atoms with Crippen LogP contribution in [0.2, 0.25) is 0 Å². The second kappa shape index (κ2) is 10.4. The van der Waals surface area contributed by atoms with E-state index in [1.807, 2.05) is 31.2 Å². The molecule has 1 aliphatic heterocycles. The quantitative estimate of drug-likeness (QED) is 0.756. The molecule has 1 saturated heterocycles. The van der Waals surface area contributed by atoms with Crippen LogP contribution in [-0.2, 0) is 4.79 Å². The number of carbonyl (C=O) groups is 1. The van der Waals surface area contributed by atoms with Crippen molar-refractivity contribution in [2.75, 3.05) is 38.0 Å². The first-order valence-corrected chi connectivity index (χ1v) is 10.6. The van der Waals surface area contributed by atoms with Crippen molar-refractivity contribution in [3.63, 3.8) is 0 Å². The number of hydrogen-bond acceptors (Lipinski definition) is 3. The van der Waals surface area contributed by atoms with E-state index in [1.54, 1.807) is 0 Å². The third-order valence-corrected chi connectivity index (χ3v) is 5.65. The van der Waals surface area contributed by atoms with Crippen molar-refractivity contribution in [1.29, 1.82) is 0 Å². The molecule has 1 amide bonds. The Kier molecular flexibility index (Phi) is 7.62. The van der Waals surface area contributed by atoms with Gasteiger partial charge in [-0.25, -0.2) is 0 Å². The van der Waals surface area contributed by atoms with E-state index in [4.69, 9.17) is 0 Å². The van der Waals surface area contributed by atoms with Gasteiger partial charge < -0.3 is 5.32 Å². The van der Waals surface area contributed by atoms with Gasteiger partial charge in [0.15, 0.2) is 0 Å². The van der Waals surface area contributed by atoms with Crippen LogP contribution in [0.3, 0.4) is 0 Å². The third kappa shape index (κ3) is 6.02. The number of para-hydroxylation sites is 1. The molecule has 0 unspecified atom stereocenters. The van der Waals surface area contributed by atoms with E-state index in [0.717, 1.165) is 38.4 Å². The molecule has 4 nitrogen and oxygen atoms in total. The number of piperazine rings is 1. The van der Waals surface area contributed by atoms with Gasteiger partial charge in [-0.1, -0.05) is 74.5 Å². The SMILES string of the molecule is CC(C)c1ccccc1NC(=O)[C@H](C)N1CCN(C/C=C/c2ccccc2)CC1. The van der Waals surface area contributed by atoms with Gasteiger partial charge in [0.2, 0.25) is 5.91 Å². The van der Waals surface area contributed by atoms with Crippen LogP contribution in [0.5, 0.6) is 0 Å². The third-order valence-electron chi connectivity index (χ3n) is 5.65. The normalized spacial score (nSPS) is 17.0. The maximum atomic E-state index is 12.8. The van der Waals surface area contributed by atoms with E-state index >= 15 is 0 Å². The summed E-state index contributed by atoms with van der Waals surface area (Å²) in [7, 11) is 0. The fraction of sp³-hybridized carbons (Fsp3) is 0.400. The number of carbonyl (C=O) groups excluding carboxylic acids is 1. The molecule has 1 atom stereocenters. The molecule has 0 radical (unpaired) electrons. The Labute approximate surface area is 175 Å². The van der Waals surface area contributed by atoms with E-state index < -0.39 is 0 Å². The van der Waals surface area contributed by atoms with Gasteiger partial charge in [-0.3, -0.25) is 14.6 Å². The van der Waals surface area contributed by atoms with Crippen LogP contribution in [0.15, 0.2) is 60.7 Å². The Morgan fingerprint density at radius 3 is 2.31 bits per heavy atom. The number of hydrogen-bond donors (Lipinski definition) is 1. The maximum Gasteiger partial charge on any atom is 0.241 e. The molecule has 1 heterocycles. The van der Waals surface area contributed by atoms with Crippen LogP contribution in [0.25, 0.3) is 6.08 Å². The van der Waals surface area contributed by atoms with Gasteiger partial charge in [-0.05, 0) is 30.0 Å². The van der Waals surface area contributed by atoms with Crippen molar-refractivity contribution in [3.05, 3.63) is 71.8 Å². The molecule has 0 spiro atoms. The Balaban J connectivity index is 1.47. The van der Waals surface area contributed by atoms with Crippen LogP contribution in [-0.4, -0.2) is 54.5 Å². The molecule has 2 aromatic rings. The fourth-order valence-electron chi connectivity index (χ4n) is 3.75. The average molecular weight is 392 g/mol. The smallest absolute Gasteiger partial charge is 0.241 e. The molecule has 29 heavy (non-hydrogen) atoms. The van der Waals surface area contributed by atoms with Crippen LogP contribution in [0.1, 0.15) is 37.8 Å². The standard InChI is InChI=1S/C25H33N3O/c1-20(2)23-13-7-8-14-24(23)26-25(29)21(3)28-18-16-27(17-19-28)15-9-12-22-10-5-4-6-11-22/h4-14,20-21H,15-19H2,1-3H3,(H,26,29)/b12-9+/t21-/m0/s1. The molecule has 1 aliphatic rings. The predicted octanol–water partition coefficient (Wildman–Crippen LogP) is 4.47. The Morgan fingerprint density at radius 1 is 0.966 bits per heavy atom. The summed E-state index contributed by atoms with van der Waals surface area (Å²) in [4.78, 5) is 17.5.